The lowest BCUT2D eigenvalue weighted by Gasteiger charge is -2.16. The van der Waals surface area contributed by atoms with Crippen LogP contribution in [-0.2, 0) is 0 Å². The highest BCUT2D eigenvalue weighted by atomic mass is 79.9. The summed E-state index contributed by atoms with van der Waals surface area (Å²) in [6, 6.07) is 10.4. The first-order valence-electron chi connectivity index (χ1n) is 6.58. The van der Waals surface area contributed by atoms with Crippen LogP contribution in [0.4, 0.5) is 0 Å². The van der Waals surface area contributed by atoms with E-state index >= 15 is 0 Å². The Labute approximate surface area is 139 Å². The molecule has 1 atom stereocenters. The highest BCUT2D eigenvalue weighted by Gasteiger charge is 2.17. The van der Waals surface area contributed by atoms with E-state index in [4.69, 9.17) is 0 Å². The minimum Gasteiger partial charge on any atom is -0.306 e. The van der Waals surface area contributed by atoms with Crippen molar-refractivity contribution in [3.8, 4) is 0 Å². The zero-order valence-electron chi connectivity index (χ0n) is 11.6. The van der Waals surface area contributed by atoms with Crippen LogP contribution in [0.25, 0.3) is 11.0 Å². The summed E-state index contributed by atoms with van der Waals surface area (Å²) < 4.78 is 0.966. The van der Waals surface area contributed by atoms with E-state index in [0.717, 1.165) is 21.1 Å². The van der Waals surface area contributed by atoms with Crippen LogP contribution in [0.1, 0.15) is 27.1 Å². The molecule has 0 amide bonds. The number of H-pyrrole nitrogens is 2. The molecule has 3 rings (SSSR count). The number of imidazole rings is 1. The minimum atomic E-state index is -0.188. The molecule has 3 nitrogen and oxygen atoms in total. The highest BCUT2D eigenvalue weighted by Crippen LogP contribution is 2.38. The van der Waals surface area contributed by atoms with E-state index in [1.807, 2.05) is 12.1 Å². The van der Waals surface area contributed by atoms with Crippen LogP contribution in [0.2, 0.25) is 0 Å². The van der Waals surface area contributed by atoms with Gasteiger partial charge in [-0.1, -0.05) is 55.6 Å². The number of fused-ring (bicyclic) bond motifs is 1. The Morgan fingerprint density at radius 2 is 1.67 bits per heavy atom. The summed E-state index contributed by atoms with van der Waals surface area (Å²) in [5.41, 5.74) is 6.21. The number of aromatic nitrogens is 2. The molecule has 2 aromatic carbocycles. The third-order valence-corrected chi connectivity index (χ3v) is 5.29. The maximum atomic E-state index is 11.4. The lowest BCUT2D eigenvalue weighted by Crippen LogP contribution is -1.99. The molecule has 0 spiro atoms. The molecule has 0 saturated carbocycles. The van der Waals surface area contributed by atoms with Crippen LogP contribution < -0.4 is 5.69 Å². The summed E-state index contributed by atoms with van der Waals surface area (Å²) in [6.07, 6.45) is 0. The number of rotatable bonds is 2. The predicted octanol–water partition coefficient (Wildman–Crippen LogP) is 4.72. The van der Waals surface area contributed by atoms with E-state index in [0.29, 0.717) is 0 Å². The van der Waals surface area contributed by atoms with E-state index in [1.54, 1.807) is 0 Å². The van der Waals surface area contributed by atoms with Gasteiger partial charge in [0.15, 0.2) is 0 Å². The average molecular weight is 410 g/mol. The standard InChI is InChI=1S/C16H14Br2N2O/c1-8-3-4-9(2)10(5-8)15(18)11-6-13-14(7-12(11)17)20-16(21)19-13/h3-7,15H,1-2H3,(H2,19,20,21). The smallest absolute Gasteiger partial charge is 0.306 e. The summed E-state index contributed by atoms with van der Waals surface area (Å²) in [5, 5.41) is 0. The molecular formula is C16H14Br2N2O. The molecule has 0 saturated heterocycles. The lowest BCUT2D eigenvalue weighted by atomic mass is 9.98. The van der Waals surface area contributed by atoms with Crippen molar-refractivity contribution in [2.24, 2.45) is 0 Å². The average Bonchev–Trinajstić information content (AvgIpc) is 2.79. The zero-order chi connectivity index (χ0) is 15.1. The molecule has 0 bridgehead atoms. The summed E-state index contributed by atoms with van der Waals surface area (Å²) in [4.78, 5) is 17.1. The molecule has 0 aliphatic rings. The summed E-state index contributed by atoms with van der Waals surface area (Å²) >= 11 is 7.39. The number of hydrogen-bond donors (Lipinski definition) is 2. The normalized spacial score (nSPS) is 12.8. The lowest BCUT2D eigenvalue weighted by molar-refractivity contribution is 1.13. The Hall–Kier alpha value is -1.33. The van der Waals surface area contributed by atoms with Crippen LogP contribution in [-0.4, -0.2) is 9.97 Å². The van der Waals surface area contributed by atoms with Gasteiger partial charge in [-0.2, -0.15) is 0 Å². The summed E-state index contributed by atoms with van der Waals surface area (Å²) in [6.45, 7) is 4.19. The quantitative estimate of drug-likeness (QED) is 0.591. The largest absolute Gasteiger partial charge is 0.323 e. The van der Waals surface area contributed by atoms with Crippen LogP contribution >= 0.6 is 31.9 Å². The number of hydrogen-bond acceptors (Lipinski definition) is 1. The molecular weight excluding hydrogens is 396 g/mol. The molecule has 5 heteroatoms. The van der Waals surface area contributed by atoms with Crippen LogP contribution in [0, 0.1) is 13.8 Å². The first-order chi connectivity index (χ1) is 9.95. The molecule has 3 aromatic rings. The molecule has 0 fully saturated rings. The van der Waals surface area contributed by atoms with Crippen molar-refractivity contribution in [3.63, 3.8) is 0 Å². The maximum Gasteiger partial charge on any atom is 0.323 e. The molecule has 21 heavy (non-hydrogen) atoms. The third kappa shape index (κ3) is 2.72. The Kier molecular flexibility index (Phi) is 3.80. The second-order valence-corrected chi connectivity index (χ2v) is 6.99. The molecule has 0 radical (unpaired) electrons. The van der Waals surface area contributed by atoms with Gasteiger partial charge in [-0.25, -0.2) is 4.79 Å². The molecule has 1 unspecified atom stereocenters. The SMILES string of the molecule is Cc1ccc(C)c(C(Br)c2cc3[nH]c(=O)[nH]c3cc2Br)c1. The summed E-state index contributed by atoms with van der Waals surface area (Å²) in [5.74, 6) is 0. The van der Waals surface area contributed by atoms with Crippen LogP contribution in [0.5, 0.6) is 0 Å². The van der Waals surface area contributed by atoms with Gasteiger partial charge in [-0.15, -0.1) is 0 Å². The van der Waals surface area contributed by atoms with Gasteiger partial charge < -0.3 is 9.97 Å². The van der Waals surface area contributed by atoms with Crippen molar-refractivity contribution in [1.82, 2.24) is 9.97 Å². The van der Waals surface area contributed by atoms with Crippen LogP contribution in [0.15, 0.2) is 39.6 Å². The third-order valence-electron chi connectivity index (χ3n) is 3.61. The van der Waals surface area contributed by atoms with Gasteiger partial charge in [0.2, 0.25) is 0 Å². The number of aromatic amines is 2. The number of aryl methyl sites for hydroxylation is 2. The molecule has 108 valence electrons. The monoisotopic (exact) mass is 408 g/mol. The minimum absolute atomic E-state index is 0.0644. The zero-order valence-corrected chi connectivity index (χ0v) is 14.8. The van der Waals surface area contributed by atoms with Gasteiger partial charge in [-0.3, -0.25) is 0 Å². The fraction of sp³-hybridized carbons (Fsp3) is 0.188. The maximum absolute atomic E-state index is 11.4. The van der Waals surface area contributed by atoms with E-state index in [-0.39, 0.29) is 10.5 Å². The molecule has 0 aliphatic carbocycles. The predicted molar refractivity (Wildman–Crippen MR) is 93.3 cm³/mol. The van der Waals surface area contributed by atoms with E-state index in [1.165, 1.54) is 16.7 Å². The Morgan fingerprint density at radius 3 is 2.38 bits per heavy atom. The van der Waals surface area contributed by atoms with Crippen molar-refractivity contribution in [3.05, 3.63) is 67.5 Å². The Bertz CT molecular complexity index is 880. The van der Waals surface area contributed by atoms with Crippen LogP contribution in [0.3, 0.4) is 0 Å². The highest BCUT2D eigenvalue weighted by molar-refractivity contribution is 9.11. The van der Waals surface area contributed by atoms with Crippen molar-refractivity contribution >= 4 is 42.9 Å². The van der Waals surface area contributed by atoms with Crippen molar-refractivity contribution < 1.29 is 0 Å². The van der Waals surface area contributed by atoms with Gasteiger partial charge in [0.25, 0.3) is 0 Å². The van der Waals surface area contributed by atoms with Crippen molar-refractivity contribution in [2.75, 3.05) is 0 Å². The Morgan fingerprint density at radius 1 is 1.00 bits per heavy atom. The number of alkyl halides is 1. The molecule has 2 N–H and O–H groups in total. The van der Waals surface area contributed by atoms with Gasteiger partial charge >= 0.3 is 5.69 Å². The molecule has 0 aliphatic heterocycles. The second kappa shape index (κ2) is 5.46. The first kappa shape index (κ1) is 14.6. The van der Waals surface area contributed by atoms with Gasteiger partial charge in [0.1, 0.15) is 0 Å². The van der Waals surface area contributed by atoms with Crippen molar-refractivity contribution in [2.45, 2.75) is 18.7 Å². The van der Waals surface area contributed by atoms with E-state index < -0.39 is 0 Å². The number of nitrogens with one attached hydrogen (secondary N) is 2. The van der Waals surface area contributed by atoms with Gasteiger partial charge in [-0.05, 0) is 42.7 Å². The Balaban J connectivity index is 2.16. The van der Waals surface area contributed by atoms with Crippen molar-refractivity contribution in [1.29, 1.82) is 0 Å². The fourth-order valence-corrected chi connectivity index (χ4v) is 4.22. The second-order valence-electron chi connectivity index (χ2n) is 5.22. The number of benzene rings is 2. The first-order valence-corrected chi connectivity index (χ1v) is 8.29. The fourth-order valence-electron chi connectivity index (χ4n) is 2.47. The summed E-state index contributed by atoms with van der Waals surface area (Å²) in [7, 11) is 0. The number of halogens is 2. The molecule has 1 aromatic heterocycles. The van der Waals surface area contributed by atoms with Gasteiger partial charge in [0.05, 0.1) is 15.9 Å². The topological polar surface area (TPSA) is 48.6 Å². The van der Waals surface area contributed by atoms with Gasteiger partial charge in [0, 0.05) is 4.47 Å². The van der Waals surface area contributed by atoms with E-state index in [9.17, 15) is 4.79 Å². The van der Waals surface area contributed by atoms with E-state index in [2.05, 4.69) is 73.9 Å². The molecule has 1 heterocycles.